The highest BCUT2D eigenvalue weighted by molar-refractivity contribution is 7.90. The first kappa shape index (κ1) is 16.8. The van der Waals surface area contributed by atoms with Crippen LogP contribution in [0.25, 0.3) is 0 Å². The summed E-state index contributed by atoms with van der Waals surface area (Å²) in [6, 6.07) is 10.9. The molecule has 0 amide bonds. The highest BCUT2D eigenvalue weighted by atomic mass is 35.5. The van der Waals surface area contributed by atoms with Gasteiger partial charge in [-0.25, -0.2) is 13.2 Å². The zero-order valence-electron chi connectivity index (χ0n) is 11.5. The predicted molar refractivity (Wildman–Crippen MR) is 85.1 cm³/mol. The largest absolute Gasteiger partial charge is 0.457 e. The first-order valence-electron chi connectivity index (χ1n) is 6.18. The van der Waals surface area contributed by atoms with Gasteiger partial charge in [0.1, 0.15) is 6.61 Å². The Hall–Kier alpha value is -1.56. The fourth-order valence-electron chi connectivity index (χ4n) is 1.77. The van der Waals surface area contributed by atoms with Crippen LogP contribution >= 0.6 is 23.2 Å². The van der Waals surface area contributed by atoms with Crippen molar-refractivity contribution in [2.24, 2.45) is 0 Å². The van der Waals surface area contributed by atoms with E-state index in [0.717, 1.165) is 11.8 Å². The standard InChI is InChI=1S/C15H12Cl2O4S/c1-22(19,20)14-8-11(5-6-13(14)17)15(18)21-9-10-3-2-4-12(16)7-10/h2-8H,9H2,1H3. The summed E-state index contributed by atoms with van der Waals surface area (Å²) in [5.41, 5.74) is 0.852. The normalized spacial score (nSPS) is 11.2. The maximum atomic E-state index is 12.0. The summed E-state index contributed by atoms with van der Waals surface area (Å²) >= 11 is 11.7. The van der Waals surface area contributed by atoms with Crippen molar-refractivity contribution < 1.29 is 17.9 Å². The molecule has 0 N–H and O–H groups in total. The maximum absolute atomic E-state index is 12.0. The van der Waals surface area contributed by atoms with Crippen LogP contribution in [0.3, 0.4) is 0 Å². The highest BCUT2D eigenvalue weighted by Gasteiger charge is 2.16. The SMILES string of the molecule is CS(=O)(=O)c1cc(C(=O)OCc2cccc(Cl)c2)ccc1Cl. The molecule has 0 aliphatic rings. The molecule has 116 valence electrons. The fourth-order valence-corrected chi connectivity index (χ4v) is 3.29. The average molecular weight is 359 g/mol. The van der Waals surface area contributed by atoms with E-state index in [2.05, 4.69) is 0 Å². The van der Waals surface area contributed by atoms with Crippen molar-refractivity contribution in [3.05, 3.63) is 63.6 Å². The van der Waals surface area contributed by atoms with Crippen molar-refractivity contribution >= 4 is 39.0 Å². The molecule has 0 aliphatic carbocycles. The van der Waals surface area contributed by atoms with Crippen LogP contribution in [0.2, 0.25) is 10.0 Å². The van der Waals surface area contributed by atoms with E-state index < -0.39 is 15.8 Å². The van der Waals surface area contributed by atoms with E-state index in [1.165, 1.54) is 18.2 Å². The van der Waals surface area contributed by atoms with Crippen LogP contribution < -0.4 is 0 Å². The van der Waals surface area contributed by atoms with Gasteiger partial charge in [-0.05, 0) is 35.9 Å². The zero-order chi connectivity index (χ0) is 16.3. The van der Waals surface area contributed by atoms with Gasteiger partial charge in [0.2, 0.25) is 0 Å². The van der Waals surface area contributed by atoms with Crippen molar-refractivity contribution in [2.75, 3.05) is 6.26 Å². The molecule has 0 saturated carbocycles. The third kappa shape index (κ3) is 4.22. The van der Waals surface area contributed by atoms with Gasteiger partial charge in [0.05, 0.1) is 15.5 Å². The van der Waals surface area contributed by atoms with Crippen LogP contribution in [-0.2, 0) is 21.2 Å². The van der Waals surface area contributed by atoms with Crippen LogP contribution in [0.5, 0.6) is 0 Å². The molecule has 7 heteroatoms. The van der Waals surface area contributed by atoms with Gasteiger partial charge in [-0.1, -0.05) is 35.3 Å². The predicted octanol–water partition coefficient (Wildman–Crippen LogP) is 3.75. The minimum Gasteiger partial charge on any atom is -0.457 e. The van der Waals surface area contributed by atoms with Crippen molar-refractivity contribution in [2.45, 2.75) is 11.5 Å². The number of hydrogen-bond acceptors (Lipinski definition) is 4. The van der Waals surface area contributed by atoms with Gasteiger partial charge in [0.15, 0.2) is 9.84 Å². The molecule has 0 spiro atoms. The molecule has 0 aliphatic heterocycles. The Morgan fingerprint density at radius 3 is 2.50 bits per heavy atom. The quantitative estimate of drug-likeness (QED) is 0.780. The molecule has 2 aromatic rings. The second-order valence-corrected chi connectivity index (χ2v) is 7.45. The van der Waals surface area contributed by atoms with Gasteiger partial charge in [-0.15, -0.1) is 0 Å². The van der Waals surface area contributed by atoms with Crippen LogP contribution in [0.4, 0.5) is 0 Å². The van der Waals surface area contributed by atoms with Crippen molar-refractivity contribution in [3.8, 4) is 0 Å². The van der Waals surface area contributed by atoms with E-state index in [0.29, 0.717) is 5.02 Å². The van der Waals surface area contributed by atoms with Gasteiger partial charge in [-0.3, -0.25) is 0 Å². The third-order valence-electron chi connectivity index (χ3n) is 2.83. The van der Waals surface area contributed by atoms with E-state index in [1.807, 2.05) is 0 Å². The molecule has 0 radical (unpaired) electrons. The van der Waals surface area contributed by atoms with E-state index in [-0.39, 0.29) is 22.1 Å². The number of ether oxygens (including phenoxy) is 1. The molecule has 0 saturated heterocycles. The van der Waals surface area contributed by atoms with Crippen LogP contribution in [-0.4, -0.2) is 20.6 Å². The molecule has 0 aromatic heterocycles. The number of halogens is 2. The summed E-state index contributed by atoms with van der Waals surface area (Å²) in [5.74, 6) is -0.637. The summed E-state index contributed by atoms with van der Waals surface area (Å²) in [5, 5.41) is 0.605. The molecule has 2 aromatic carbocycles. The summed E-state index contributed by atoms with van der Waals surface area (Å²) < 4.78 is 28.3. The number of rotatable bonds is 4. The summed E-state index contributed by atoms with van der Waals surface area (Å²) in [6.45, 7) is 0.0379. The summed E-state index contributed by atoms with van der Waals surface area (Å²) in [7, 11) is -3.52. The second-order valence-electron chi connectivity index (χ2n) is 4.62. The molecule has 0 bridgehead atoms. The van der Waals surface area contributed by atoms with E-state index in [1.54, 1.807) is 24.3 Å². The van der Waals surface area contributed by atoms with Crippen molar-refractivity contribution in [1.82, 2.24) is 0 Å². The molecule has 4 nitrogen and oxygen atoms in total. The first-order chi connectivity index (χ1) is 10.3. The molecule has 2 rings (SSSR count). The lowest BCUT2D eigenvalue weighted by Crippen LogP contribution is -2.07. The highest BCUT2D eigenvalue weighted by Crippen LogP contribution is 2.23. The Kier molecular flexibility index (Phi) is 5.11. The Balaban J connectivity index is 2.17. The summed E-state index contributed by atoms with van der Waals surface area (Å²) in [4.78, 5) is 11.9. The lowest BCUT2D eigenvalue weighted by Gasteiger charge is -2.07. The second kappa shape index (κ2) is 6.69. The van der Waals surface area contributed by atoms with Crippen LogP contribution in [0, 0.1) is 0 Å². The van der Waals surface area contributed by atoms with Crippen molar-refractivity contribution in [1.29, 1.82) is 0 Å². The molecular formula is C15H12Cl2O4S. The third-order valence-corrected chi connectivity index (χ3v) is 4.64. The topological polar surface area (TPSA) is 60.4 Å². The number of carbonyl (C=O) groups excluding carboxylic acids is 1. The molecule has 0 atom stereocenters. The fraction of sp³-hybridized carbons (Fsp3) is 0.133. The van der Waals surface area contributed by atoms with Gasteiger partial charge >= 0.3 is 5.97 Å². The Labute approximate surface area is 138 Å². The summed E-state index contributed by atoms with van der Waals surface area (Å²) in [6.07, 6.45) is 1.02. The van der Waals surface area contributed by atoms with Crippen molar-refractivity contribution in [3.63, 3.8) is 0 Å². The van der Waals surface area contributed by atoms with E-state index in [9.17, 15) is 13.2 Å². The van der Waals surface area contributed by atoms with Gasteiger partial charge in [-0.2, -0.15) is 0 Å². The lowest BCUT2D eigenvalue weighted by atomic mass is 10.2. The maximum Gasteiger partial charge on any atom is 0.338 e. The van der Waals surface area contributed by atoms with Crippen LogP contribution in [0.1, 0.15) is 15.9 Å². The van der Waals surface area contributed by atoms with Gasteiger partial charge in [0, 0.05) is 11.3 Å². The first-order valence-corrected chi connectivity index (χ1v) is 8.83. The Morgan fingerprint density at radius 1 is 1.14 bits per heavy atom. The molecule has 0 fully saturated rings. The van der Waals surface area contributed by atoms with Gasteiger partial charge in [0.25, 0.3) is 0 Å². The molecular weight excluding hydrogens is 347 g/mol. The number of sulfone groups is 1. The number of carbonyl (C=O) groups is 1. The molecule has 22 heavy (non-hydrogen) atoms. The van der Waals surface area contributed by atoms with Gasteiger partial charge < -0.3 is 4.74 Å². The molecule has 0 unspecified atom stereocenters. The lowest BCUT2D eigenvalue weighted by molar-refractivity contribution is 0.0472. The Morgan fingerprint density at radius 2 is 1.86 bits per heavy atom. The number of esters is 1. The minimum absolute atomic E-state index is 0.0379. The van der Waals surface area contributed by atoms with E-state index in [4.69, 9.17) is 27.9 Å². The smallest absolute Gasteiger partial charge is 0.338 e. The average Bonchev–Trinajstić information content (AvgIpc) is 2.44. The number of hydrogen-bond donors (Lipinski definition) is 0. The van der Waals surface area contributed by atoms with E-state index >= 15 is 0 Å². The minimum atomic E-state index is -3.52. The Bertz CT molecular complexity index is 816. The zero-order valence-corrected chi connectivity index (χ0v) is 13.9. The van der Waals surface area contributed by atoms with Crippen LogP contribution in [0.15, 0.2) is 47.4 Å². The molecule has 0 heterocycles. The monoisotopic (exact) mass is 358 g/mol. The number of benzene rings is 2.